The minimum Gasteiger partial charge on any atom is -0.489 e. The Morgan fingerprint density at radius 1 is 1.22 bits per heavy atom. The topological polar surface area (TPSA) is 46.5 Å². The number of aliphatic hydroxyl groups is 1. The van der Waals surface area contributed by atoms with Gasteiger partial charge >= 0.3 is 0 Å². The van der Waals surface area contributed by atoms with Crippen LogP contribution in [-0.4, -0.2) is 10.9 Å². The predicted molar refractivity (Wildman–Crippen MR) is 94.7 cm³/mol. The van der Waals surface area contributed by atoms with Crippen LogP contribution in [0.15, 0.2) is 46.9 Å². The Morgan fingerprint density at radius 2 is 2.04 bits per heavy atom. The molecule has 0 atom stereocenters. The summed E-state index contributed by atoms with van der Waals surface area (Å²) < 4.78 is 6.62. The minimum absolute atomic E-state index is 0.0425. The molecule has 2 rings (SSSR count). The molecule has 122 valence electrons. The van der Waals surface area contributed by atoms with Crippen molar-refractivity contribution in [1.82, 2.24) is 0 Å². The van der Waals surface area contributed by atoms with Crippen LogP contribution < -0.4 is 4.74 Å². The first-order valence-electron chi connectivity index (χ1n) is 7.78. The summed E-state index contributed by atoms with van der Waals surface area (Å²) in [6.45, 7) is 2.43. The summed E-state index contributed by atoms with van der Waals surface area (Å²) >= 11 is 3.38. The van der Waals surface area contributed by atoms with Gasteiger partial charge in [0.05, 0.1) is 6.61 Å². The second-order valence-electron chi connectivity index (χ2n) is 5.43. The molecule has 4 heteroatoms. The molecule has 0 aliphatic rings. The molecule has 0 amide bonds. The third kappa shape index (κ3) is 5.19. The lowest BCUT2D eigenvalue weighted by Gasteiger charge is -2.09. The molecule has 0 aliphatic carbocycles. The molecule has 0 saturated carbocycles. The summed E-state index contributed by atoms with van der Waals surface area (Å²) in [7, 11) is 0. The first kappa shape index (κ1) is 17.7. The van der Waals surface area contributed by atoms with Crippen LogP contribution in [0.5, 0.6) is 5.75 Å². The van der Waals surface area contributed by atoms with Crippen molar-refractivity contribution in [2.45, 2.75) is 39.4 Å². The standard InChI is InChI=1S/C19H21BrO3/c1-2-3-7-19(22)15-6-4-5-14(10-15)13-23-17-8-9-18(20)16(11-17)12-21/h4-6,8-11,21H,2-3,7,12-13H2,1H3. The molecule has 23 heavy (non-hydrogen) atoms. The average molecular weight is 377 g/mol. The second kappa shape index (κ2) is 8.85. The normalized spacial score (nSPS) is 10.6. The Kier molecular flexibility index (Phi) is 6.81. The van der Waals surface area contributed by atoms with Crippen molar-refractivity contribution >= 4 is 21.7 Å². The van der Waals surface area contributed by atoms with Gasteiger partial charge in [-0.2, -0.15) is 0 Å². The van der Waals surface area contributed by atoms with Crippen LogP contribution in [0.4, 0.5) is 0 Å². The Bertz CT molecular complexity index is 667. The first-order valence-corrected chi connectivity index (χ1v) is 8.57. The van der Waals surface area contributed by atoms with E-state index in [9.17, 15) is 9.90 Å². The highest BCUT2D eigenvalue weighted by atomic mass is 79.9. The van der Waals surface area contributed by atoms with Gasteiger partial charge in [0.25, 0.3) is 0 Å². The van der Waals surface area contributed by atoms with Gasteiger partial charge in [-0.1, -0.05) is 47.5 Å². The van der Waals surface area contributed by atoms with Crippen molar-refractivity contribution in [3.8, 4) is 5.75 Å². The fraction of sp³-hybridized carbons (Fsp3) is 0.316. The van der Waals surface area contributed by atoms with Gasteiger partial charge < -0.3 is 9.84 Å². The zero-order valence-electron chi connectivity index (χ0n) is 13.2. The number of carbonyl (C=O) groups is 1. The molecule has 0 heterocycles. The maximum atomic E-state index is 12.1. The molecule has 0 spiro atoms. The number of carbonyl (C=O) groups excluding carboxylic acids is 1. The Labute approximate surface area is 145 Å². The van der Waals surface area contributed by atoms with E-state index in [1.165, 1.54) is 0 Å². The van der Waals surface area contributed by atoms with Gasteiger partial charge in [-0.05, 0) is 41.8 Å². The molecule has 0 fully saturated rings. The molecule has 0 aliphatic heterocycles. The van der Waals surface area contributed by atoms with Gasteiger partial charge in [0.15, 0.2) is 5.78 Å². The molecule has 0 bridgehead atoms. The molecule has 3 nitrogen and oxygen atoms in total. The lowest BCUT2D eigenvalue weighted by Crippen LogP contribution is -2.02. The van der Waals surface area contributed by atoms with E-state index in [1.807, 2.05) is 36.4 Å². The second-order valence-corrected chi connectivity index (χ2v) is 6.28. The third-order valence-corrected chi connectivity index (χ3v) is 4.37. The van der Waals surface area contributed by atoms with Gasteiger partial charge in [0.2, 0.25) is 0 Å². The maximum Gasteiger partial charge on any atom is 0.162 e. The summed E-state index contributed by atoms with van der Waals surface area (Å²) in [4.78, 5) is 12.1. The minimum atomic E-state index is -0.0425. The summed E-state index contributed by atoms with van der Waals surface area (Å²) in [5.41, 5.74) is 2.48. The number of ketones is 1. The number of aliphatic hydroxyl groups excluding tert-OH is 1. The smallest absolute Gasteiger partial charge is 0.162 e. The molecular formula is C19H21BrO3. The van der Waals surface area contributed by atoms with E-state index in [0.29, 0.717) is 18.8 Å². The van der Waals surface area contributed by atoms with Crippen molar-refractivity contribution in [3.63, 3.8) is 0 Å². The highest BCUT2D eigenvalue weighted by Gasteiger charge is 2.07. The Balaban J connectivity index is 2.02. The van der Waals surface area contributed by atoms with Crippen LogP contribution in [0.25, 0.3) is 0 Å². The highest BCUT2D eigenvalue weighted by molar-refractivity contribution is 9.10. The predicted octanol–water partition coefficient (Wildman–Crippen LogP) is 4.89. The highest BCUT2D eigenvalue weighted by Crippen LogP contribution is 2.23. The van der Waals surface area contributed by atoms with E-state index in [2.05, 4.69) is 22.9 Å². The van der Waals surface area contributed by atoms with E-state index in [4.69, 9.17) is 4.74 Å². The molecule has 0 aromatic heterocycles. The van der Waals surface area contributed by atoms with Gasteiger partial charge in [0.1, 0.15) is 12.4 Å². The lowest BCUT2D eigenvalue weighted by atomic mass is 10.0. The van der Waals surface area contributed by atoms with Crippen molar-refractivity contribution in [2.75, 3.05) is 0 Å². The fourth-order valence-corrected chi connectivity index (χ4v) is 2.62. The van der Waals surface area contributed by atoms with E-state index in [-0.39, 0.29) is 12.4 Å². The molecule has 2 aromatic rings. The fourth-order valence-electron chi connectivity index (χ4n) is 2.24. The monoisotopic (exact) mass is 376 g/mol. The van der Waals surface area contributed by atoms with Gasteiger partial charge in [-0.25, -0.2) is 0 Å². The number of unbranched alkanes of at least 4 members (excludes halogenated alkanes) is 1. The quantitative estimate of drug-likeness (QED) is 0.666. The lowest BCUT2D eigenvalue weighted by molar-refractivity contribution is 0.0979. The van der Waals surface area contributed by atoms with Gasteiger partial charge in [-0.15, -0.1) is 0 Å². The number of benzene rings is 2. The number of hydrogen-bond donors (Lipinski definition) is 1. The number of rotatable bonds is 8. The van der Waals surface area contributed by atoms with Crippen molar-refractivity contribution in [2.24, 2.45) is 0 Å². The van der Waals surface area contributed by atoms with Crippen molar-refractivity contribution < 1.29 is 14.6 Å². The summed E-state index contributed by atoms with van der Waals surface area (Å²) in [5.74, 6) is 0.875. The van der Waals surface area contributed by atoms with E-state index in [0.717, 1.165) is 34.0 Å². The zero-order chi connectivity index (χ0) is 16.7. The molecule has 0 saturated heterocycles. The summed E-state index contributed by atoms with van der Waals surface area (Å²) in [5, 5.41) is 9.27. The average Bonchev–Trinajstić information content (AvgIpc) is 2.59. The summed E-state index contributed by atoms with van der Waals surface area (Å²) in [6.07, 6.45) is 2.53. The number of ether oxygens (including phenoxy) is 1. The van der Waals surface area contributed by atoms with E-state index < -0.39 is 0 Å². The molecule has 2 aromatic carbocycles. The third-order valence-electron chi connectivity index (χ3n) is 3.60. The molecule has 0 unspecified atom stereocenters. The van der Waals surface area contributed by atoms with Crippen LogP contribution >= 0.6 is 15.9 Å². The first-order chi connectivity index (χ1) is 11.1. The zero-order valence-corrected chi connectivity index (χ0v) is 14.8. The summed E-state index contributed by atoms with van der Waals surface area (Å²) in [6, 6.07) is 13.1. The number of hydrogen-bond acceptors (Lipinski definition) is 3. The number of Topliss-reactive ketones (excluding diaryl/α,β-unsaturated/α-hetero) is 1. The van der Waals surface area contributed by atoms with E-state index >= 15 is 0 Å². The van der Waals surface area contributed by atoms with Crippen LogP contribution in [0, 0.1) is 0 Å². The van der Waals surface area contributed by atoms with E-state index in [1.54, 1.807) is 6.07 Å². The van der Waals surface area contributed by atoms with Crippen LogP contribution in [0.3, 0.4) is 0 Å². The van der Waals surface area contributed by atoms with Gasteiger partial charge in [0, 0.05) is 16.5 Å². The molecule has 0 radical (unpaired) electrons. The Morgan fingerprint density at radius 3 is 2.78 bits per heavy atom. The van der Waals surface area contributed by atoms with Crippen molar-refractivity contribution in [1.29, 1.82) is 0 Å². The number of halogens is 1. The van der Waals surface area contributed by atoms with Gasteiger partial charge in [-0.3, -0.25) is 4.79 Å². The van der Waals surface area contributed by atoms with Crippen LogP contribution in [0.1, 0.15) is 47.7 Å². The molecular weight excluding hydrogens is 356 g/mol. The Hall–Kier alpha value is -1.65. The van der Waals surface area contributed by atoms with Crippen molar-refractivity contribution in [3.05, 3.63) is 63.6 Å². The van der Waals surface area contributed by atoms with Crippen LogP contribution in [-0.2, 0) is 13.2 Å². The molecule has 1 N–H and O–H groups in total. The van der Waals surface area contributed by atoms with Crippen LogP contribution in [0.2, 0.25) is 0 Å². The largest absolute Gasteiger partial charge is 0.489 e. The SMILES string of the molecule is CCCCC(=O)c1cccc(COc2ccc(Br)c(CO)c2)c1. The maximum absolute atomic E-state index is 12.1.